The van der Waals surface area contributed by atoms with Crippen molar-refractivity contribution in [2.45, 2.75) is 82.1 Å². The Bertz CT molecular complexity index is 1040. The summed E-state index contributed by atoms with van der Waals surface area (Å²) < 4.78 is 30.5. The van der Waals surface area contributed by atoms with Crippen LogP contribution in [0, 0.1) is 28.6 Å². The molecule has 2 saturated carbocycles. The minimum atomic E-state index is -1.98. The normalized spacial score (nSPS) is 50.8. The lowest BCUT2D eigenvalue weighted by Gasteiger charge is -2.62. The predicted molar refractivity (Wildman–Crippen MR) is 129 cm³/mol. The predicted octanol–water partition coefficient (Wildman–Crippen LogP) is 2.35. The number of aliphatic hydroxyl groups excluding tert-OH is 2. The molecule has 4 fully saturated rings. The third-order valence-electron chi connectivity index (χ3n) is 11.1. The number of aliphatic hydroxyl groups is 2. The fourth-order valence-electron chi connectivity index (χ4n) is 9.02. The molecule has 6 rings (SSSR count). The van der Waals surface area contributed by atoms with Gasteiger partial charge in [0.25, 0.3) is 0 Å². The highest BCUT2D eigenvalue weighted by Gasteiger charge is 2.79. The van der Waals surface area contributed by atoms with Gasteiger partial charge in [-0.2, -0.15) is 0 Å². The topological polar surface area (TPSA) is 96.3 Å². The fourth-order valence-corrected chi connectivity index (χ4v) is 9.02. The number of alkyl halides is 1. The van der Waals surface area contributed by atoms with E-state index in [-0.39, 0.29) is 30.5 Å². The molecule has 9 atom stereocenters. The number of fused-ring (bicyclic) bond motifs is 7. The van der Waals surface area contributed by atoms with Crippen LogP contribution in [0.25, 0.3) is 0 Å². The molecular formula is C28H38FNO6. The van der Waals surface area contributed by atoms with Gasteiger partial charge >= 0.3 is 0 Å². The second-order valence-corrected chi connectivity index (χ2v) is 12.6. The van der Waals surface area contributed by atoms with Gasteiger partial charge in [-0.05, 0) is 71.2 Å². The van der Waals surface area contributed by atoms with Crippen molar-refractivity contribution in [3.8, 4) is 0 Å². The molecule has 198 valence electrons. The zero-order valence-electron chi connectivity index (χ0n) is 21.4. The molecule has 0 aromatic heterocycles. The van der Waals surface area contributed by atoms with Crippen LogP contribution < -0.4 is 0 Å². The fraction of sp³-hybridized carbons (Fsp3) is 0.786. The molecule has 36 heavy (non-hydrogen) atoms. The standard InChI is InChI=1S/C28H38FNO6/c1-25-9-6-18(32)12-17(25)4-5-19-20-13-23-28(22(34)15-31,26(20,2)14-21(33)27(19,25)29)36-24(35-23)16-7-10-30(3)11-8-16/h4,6,9,16,19-21,23-24,31,33H,5,7-8,10-15H2,1-3H3/t19-,20-,21-,23+,24?,25-,26-,27-,28+/m0/s1. The Morgan fingerprint density at radius 2 is 1.97 bits per heavy atom. The van der Waals surface area contributed by atoms with E-state index in [1.807, 2.05) is 13.0 Å². The van der Waals surface area contributed by atoms with E-state index in [2.05, 4.69) is 11.9 Å². The Kier molecular flexibility index (Phi) is 5.54. The highest BCUT2D eigenvalue weighted by Crippen LogP contribution is 2.71. The molecule has 4 aliphatic carbocycles. The summed E-state index contributed by atoms with van der Waals surface area (Å²) in [6, 6.07) is 0. The zero-order valence-corrected chi connectivity index (χ0v) is 21.4. The van der Waals surface area contributed by atoms with Crippen molar-refractivity contribution in [3.05, 3.63) is 23.8 Å². The van der Waals surface area contributed by atoms with Gasteiger partial charge in [0.05, 0.1) is 12.2 Å². The Morgan fingerprint density at radius 1 is 1.25 bits per heavy atom. The van der Waals surface area contributed by atoms with Crippen molar-refractivity contribution in [1.82, 2.24) is 4.90 Å². The van der Waals surface area contributed by atoms with Crippen LogP contribution in [0.5, 0.6) is 0 Å². The molecule has 2 heterocycles. The molecule has 2 aliphatic heterocycles. The number of allylic oxidation sites excluding steroid dienone is 4. The number of carbonyl (C=O) groups is 2. The minimum absolute atomic E-state index is 0.0288. The molecule has 1 unspecified atom stereocenters. The van der Waals surface area contributed by atoms with Gasteiger partial charge < -0.3 is 24.6 Å². The summed E-state index contributed by atoms with van der Waals surface area (Å²) in [5.41, 5.74) is -4.65. The van der Waals surface area contributed by atoms with Crippen molar-refractivity contribution in [1.29, 1.82) is 0 Å². The summed E-state index contributed by atoms with van der Waals surface area (Å²) >= 11 is 0. The van der Waals surface area contributed by atoms with Crippen molar-refractivity contribution in [3.63, 3.8) is 0 Å². The summed E-state index contributed by atoms with van der Waals surface area (Å²) in [7, 11) is 2.08. The van der Waals surface area contributed by atoms with Crippen LogP contribution in [0.2, 0.25) is 0 Å². The van der Waals surface area contributed by atoms with Crippen molar-refractivity contribution < 1.29 is 33.7 Å². The van der Waals surface area contributed by atoms with E-state index in [0.29, 0.717) is 12.8 Å². The largest absolute Gasteiger partial charge is 0.390 e. The number of ketones is 2. The van der Waals surface area contributed by atoms with Crippen LogP contribution in [0.1, 0.15) is 52.4 Å². The maximum atomic E-state index is 17.4. The second-order valence-electron chi connectivity index (χ2n) is 12.6. The number of hydrogen-bond donors (Lipinski definition) is 2. The first kappa shape index (κ1) is 24.9. The molecule has 0 aromatic carbocycles. The lowest BCUT2D eigenvalue weighted by Crippen LogP contribution is -2.69. The molecule has 0 aromatic rings. The second kappa shape index (κ2) is 8.03. The number of piperidine rings is 1. The number of ether oxygens (including phenoxy) is 2. The van der Waals surface area contributed by atoms with E-state index in [9.17, 15) is 19.8 Å². The van der Waals surface area contributed by atoms with Gasteiger partial charge in [0, 0.05) is 29.1 Å². The molecule has 0 bridgehead atoms. The first-order valence-electron chi connectivity index (χ1n) is 13.5. The van der Waals surface area contributed by atoms with E-state index in [0.717, 1.165) is 31.5 Å². The minimum Gasteiger partial charge on any atom is -0.390 e. The van der Waals surface area contributed by atoms with Crippen LogP contribution in [0.15, 0.2) is 23.8 Å². The lowest BCUT2D eigenvalue weighted by molar-refractivity contribution is -0.232. The monoisotopic (exact) mass is 503 g/mol. The van der Waals surface area contributed by atoms with Gasteiger partial charge in [0.1, 0.15) is 6.61 Å². The maximum Gasteiger partial charge on any atom is 0.193 e. The van der Waals surface area contributed by atoms with E-state index in [1.54, 1.807) is 13.0 Å². The van der Waals surface area contributed by atoms with Crippen LogP contribution in [0.3, 0.4) is 0 Å². The third-order valence-corrected chi connectivity index (χ3v) is 11.1. The van der Waals surface area contributed by atoms with Gasteiger partial charge in [0.2, 0.25) is 0 Å². The average Bonchev–Trinajstić information content (AvgIpc) is 3.34. The summed E-state index contributed by atoms with van der Waals surface area (Å²) in [6.07, 6.45) is 5.37. The zero-order chi connectivity index (χ0) is 25.7. The van der Waals surface area contributed by atoms with Crippen LogP contribution in [0.4, 0.5) is 4.39 Å². The number of rotatable bonds is 3. The molecule has 8 heteroatoms. The van der Waals surface area contributed by atoms with Gasteiger partial charge in [-0.15, -0.1) is 0 Å². The van der Waals surface area contributed by atoms with Gasteiger partial charge in [-0.1, -0.05) is 24.6 Å². The molecule has 0 radical (unpaired) electrons. The third kappa shape index (κ3) is 2.91. The molecule has 2 N–H and O–H groups in total. The smallest absolute Gasteiger partial charge is 0.193 e. The van der Waals surface area contributed by atoms with Crippen LogP contribution in [-0.2, 0) is 19.1 Å². The van der Waals surface area contributed by atoms with E-state index >= 15 is 4.39 Å². The van der Waals surface area contributed by atoms with Gasteiger partial charge in [-0.3, -0.25) is 9.59 Å². The lowest BCUT2D eigenvalue weighted by atomic mass is 9.45. The summed E-state index contributed by atoms with van der Waals surface area (Å²) in [5.74, 6) is -1.20. The molecule has 2 saturated heterocycles. The number of Topliss-reactive ketones (excluding diaryl/α,β-unsaturated/α-hetero) is 1. The van der Waals surface area contributed by atoms with Crippen LogP contribution in [-0.4, -0.2) is 83.2 Å². The number of halogens is 1. The number of likely N-dealkylation sites (tertiary alicyclic amines) is 1. The van der Waals surface area contributed by atoms with Gasteiger partial charge in [0.15, 0.2) is 29.1 Å². The Balaban J connectivity index is 1.39. The van der Waals surface area contributed by atoms with E-state index in [4.69, 9.17) is 9.47 Å². The molecule has 0 amide bonds. The van der Waals surface area contributed by atoms with E-state index in [1.165, 1.54) is 6.08 Å². The average molecular weight is 504 g/mol. The highest BCUT2D eigenvalue weighted by atomic mass is 19.1. The molecular weight excluding hydrogens is 465 g/mol. The Labute approximate surface area is 211 Å². The summed E-state index contributed by atoms with van der Waals surface area (Å²) in [6.45, 7) is 4.88. The van der Waals surface area contributed by atoms with Crippen LogP contribution >= 0.6 is 0 Å². The molecule has 0 spiro atoms. The molecule has 7 nitrogen and oxygen atoms in total. The number of hydrogen-bond acceptors (Lipinski definition) is 7. The summed E-state index contributed by atoms with van der Waals surface area (Å²) in [4.78, 5) is 27.9. The van der Waals surface area contributed by atoms with Crippen molar-refractivity contribution >= 4 is 11.6 Å². The van der Waals surface area contributed by atoms with Gasteiger partial charge in [-0.25, -0.2) is 4.39 Å². The first-order valence-corrected chi connectivity index (χ1v) is 13.5. The molecule has 6 aliphatic rings. The SMILES string of the molecule is CN1CCC(C2O[C@@H]3C[C@H]4[C@@H]5CC=C6CC(=O)C=C[C@]6(C)[C@@]5(F)[C@@H](O)C[C@]4(C)[C@]3(C(=O)CO)O2)CC1. The summed E-state index contributed by atoms with van der Waals surface area (Å²) in [5, 5.41) is 21.6. The van der Waals surface area contributed by atoms with Crippen molar-refractivity contribution in [2.75, 3.05) is 26.7 Å². The van der Waals surface area contributed by atoms with E-state index < -0.39 is 58.9 Å². The maximum absolute atomic E-state index is 17.4. The number of carbonyl (C=O) groups excluding carboxylic acids is 2. The first-order chi connectivity index (χ1) is 17.0. The quantitative estimate of drug-likeness (QED) is 0.571. The Morgan fingerprint density at radius 3 is 2.67 bits per heavy atom. The number of nitrogens with zero attached hydrogens (tertiary/aromatic N) is 1. The highest BCUT2D eigenvalue weighted by molar-refractivity contribution is 5.94. The Hall–Kier alpha value is -1.45. The van der Waals surface area contributed by atoms with Crippen molar-refractivity contribution in [2.24, 2.45) is 28.6 Å².